The molecule has 2 aromatic heterocycles. The lowest BCUT2D eigenvalue weighted by molar-refractivity contribution is -0.156. The second-order valence-corrected chi connectivity index (χ2v) is 23.6. The molecule has 9 rings (SSSR count). The molecule has 5 aromatic rings. The summed E-state index contributed by atoms with van der Waals surface area (Å²) in [5.74, 6) is -6.83. The molecule has 4 N–H and O–H groups in total. The van der Waals surface area contributed by atoms with Crippen molar-refractivity contribution in [3.8, 4) is 0 Å². The second kappa shape index (κ2) is 21.5. The number of aryl methyl sites for hydroxylation is 1. The molecule has 0 radical (unpaired) electrons. The van der Waals surface area contributed by atoms with E-state index in [0.717, 1.165) is 34.6 Å². The lowest BCUT2D eigenvalue weighted by atomic mass is 9.85. The number of alkyl halides is 1. The normalized spacial score (nSPS) is 21.9. The molecule has 75 heavy (non-hydrogen) atoms. The van der Waals surface area contributed by atoms with E-state index in [9.17, 15) is 52.3 Å². The number of imidazole rings is 1. The highest BCUT2D eigenvalue weighted by molar-refractivity contribution is 7.51. The van der Waals surface area contributed by atoms with Crippen LogP contribution in [0, 0.1) is 17.2 Å². The molecule has 400 valence electrons. The van der Waals surface area contributed by atoms with Crippen LogP contribution in [0.15, 0.2) is 71.5 Å². The van der Waals surface area contributed by atoms with Crippen LogP contribution in [0.2, 0.25) is 0 Å². The third-order valence-corrected chi connectivity index (χ3v) is 16.8. The first-order valence-corrected chi connectivity index (χ1v) is 27.5. The van der Waals surface area contributed by atoms with Gasteiger partial charge in [-0.1, -0.05) is 63.2 Å². The van der Waals surface area contributed by atoms with Gasteiger partial charge in [0.1, 0.15) is 36.7 Å². The molecule has 19 nitrogen and oxygen atoms in total. The second-order valence-electron chi connectivity index (χ2n) is 20.9. The van der Waals surface area contributed by atoms with Gasteiger partial charge < -0.3 is 39.3 Å². The highest BCUT2D eigenvalue weighted by atomic mass is 32.1. The predicted molar refractivity (Wildman–Crippen MR) is 272 cm³/mol. The van der Waals surface area contributed by atoms with E-state index in [1.807, 2.05) is 48.5 Å². The molecule has 0 spiro atoms. The number of fused-ring (bicyclic) bond motifs is 2. The molecule has 4 fully saturated rings. The van der Waals surface area contributed by atoms with Gasteiger partial charge in [-0.15, -0.1) is 11.3 Å². The van der Waals surface area contributed by atoms with Gasteiger partial charge in [-0.05, 0) is 78.8 Å². The van der Waals surface area contributed by atoms with Gasteiger partial charge in [0, 0.05) is 55.3 Å². The Morgan fingerprint density at radius 3 is 2.36 bits per heavy atom. The summed E-state index contributed by atoms with van der Waals surface area (Å²) in [5, 5.41) is 4.89. The van der Waals surface area contributed by atoms with E-state index in [-0.39, 0.29) is 90.5 Å². The van der Waals surface area contributed by atoms with Crippen LogP contribution in [0.3, 0.4) is 0 Å². The average molecular weight is 1080 g/mol. The Hall–Kier alpha value is -6.16. The number of halogens is 2. The molecule has 6 atom stereocenters. The van der Waals surface area contributed by atoms with E-state index in [4.69, 9.17) is 9.47 Å². The third-order valence-electron chi connectivity index (χ3n) is 14.8. The molecule has 2 unspecified atom stereocenters. The number of rotatable bonds is 13. The number of amides is 6. The van der Waals surface area contributed by atoms with Gasteiger partial charge in [-0.2, -0.15) is 0 Å². The smallest absolute Gasteiger partial charge is 0.364 e. The van der Waals surface area contributed by atoms with Crippen molar-refractivity contribution in [2.24, 2.45) is 18.4 Å². The Kier molecular flexibility index (Phi) is 15.4. The van der Waals surface area contributed by atoms with E-state index >= 15 is 4.39 Å². The number of imide groups is 1. The minimum atomic E-state index is -5.35. The van der Waals surface area contributed by atoms with Crippen molar-refractivity contribution < 1.29 is 61.4 Å². The molecule has 4 aliphatic heterocycles. The fourth-order valence-electron chi connectivity index (χ4n) is 10.7. The molecule has 23 heteroatoms. The maximum absolute atomic E-state index is 15.5. The standard InChI is InChI=1S/C52H60F2N7O12PS/c1-52(2,3)45(56-48(65)40-26-33-39(75-40)14-11-32(43(33)53)46(54)74(69,70)71)50(67)60-21-18-37(44(60)49(66)59-22-23-72-38(27-59)31-8-6-5-7-9-31)73-28-42(63)58-19-16-29(17-20-58)24-30-10-12-34-36(25-30)57(4)51(68)61(34)35-13-15-41(62)55-47(35)64/h5-12,14,25-26,29,35,37-38,44-46H,13,15-24,27-28H2,1-4H3,(H,56,65)(H,55,62,64)(H2,69,70,71)/t35?,37-,38+,44+,45-,46?/m1/s1. The van der Waals surface area contributed by atoms with E-state index in [1.54, 1.807) is 37.6 Å². The number of benzene rings is 3. The summed E-state index contributed by atoms with van der Waals surface area (Å²) >= 11 is 0.843. The fourth-order valence-corrected chi connectivity index (χ4v) is 12.2. The molecule has 0 bridgehead atoms. The quantitative estimate of drug-likeness (QED) is 0.0898. The number of hydrogen-bond donors (Lipinski definition) is 4. The van der Waals surface area contributed by atoms with E-state index in [2.05, 4.69) is 10.6 Å². The number of carbonyl (C=O) groups is 6. The molecular weight excluding hydrogens is 1020 g/mol. The van der Waals surface area contributed by atoms with Crippen molar-refractivity contribution >= 4 is 75.5 Å². The third kappa shape index (κ3) is 11.1. The summed E-state index contributed by atoms with van der Waals surface area (Å²) in [6.07, 6.45) is 1.31. The first-order valence-electron chi connectivity index (χ1n) is 25.0. The number of ether oxygens (including phenoxy) is 2. The number of nitrogens with one attached hydrogen (secondary N) is 2. The van der Waals surface area contributed by atoms with Gasteiger partial charge in [0.05, 0.1) is 35.2 Å². The number of morpholine rings is 1. The van der Waals surface area contributed by atoms with Crippen LogP contribution in [0.25, 0.3) is 21.1 Å². The minimum Gasteiger partial charge on any atom is -0.370 e. The van der Waals surface area contributed by atoms with Crippen LogP contribution in [-0.4, -0.2) is 133 Å². The first-order chi connectivity index (χ1) is 35.6. The Morgan fingerprint density at radius 1 is 0.933 bits per heavy atom. The monoisotopic (exact) mass is 1080 g/mol. The van der Waals surface area contributed by atoms with E-state index in [0.29, 0.717) is 43.4 Å². The highest BCUT2D eigenvalue weighted by Crippen LogP contribution is 2.54. The Labute approximate surface area is 434 Å². The number of nitrogens with zero attached hydrogens (tertiary/aromatic N) is 5. The fraction of sp³-hybridized carbons (Fsp3) is 0.481. The van der Waals surface area contributed by atoms with E-state index < -0.39 is 84.3 Å². The number of hydrogen-bond acceptors (Lipinski definition) is 11. The zero-order valence-corrected chi connectivity index (χ0v) is 43.6. The summed E-state index contributed by atoms with van der Waals surface area (Å²) in [6.45, 7) is 6.44. The summed E-state index contributed by atoms with van der Waals surface area (Å²) in [6, 6.07) is 15.2. The van der Waals surface area contributed by atoms with Gasteiger partial charge in [0.25, 0.3) is 5.91 Å². The maximum atomic E-state index is 15.5. The number of aromatic nitrogens is 2. The Morgan fingerprint density at radius 2 is 1.67 bits per heavy atom. The van der Waals surface area contributed by atoms with Crippen LogP contribution in [0.5, 0.6) is 0 Å². The molecular formula is C52H60F2N7O12PS. The van der Waals surface area contributed by atoms with Crippen LogP contribution in [0.4, 0.5) is 8.78 Å². The molecule has 4 saturated heterocycles. The van der Waals surface area contributed by atoms with Gasteiger partial charge in [-0.3, -0.25) is 47.8 Å². The molecule has 0 aliphatic carbocycles. The van der Waals surface area contributed by atoms with Crippen molar-refractivity contribution in [3.05, 3.63) is 105 Å². The lowest BCUT2D eigenvalue weighted by Gasteiger charge is -2.39. The minimum absolute atomic E-state index is 0.0524. The maximum Gasteiger partial charge on any atom is 0.364 e. The molecule has 4 aliphatic rings. The summed E-state index contributed by atoms with van der Waals surface area (Å²) in [4.78, 5) is 119. The number of carbonyl (C=O) groups excluding carboxylic acids is 6. The van der Waals surface area contributed by atoms with Gasteiger partial charge in [-0.25, -0.2) is 13.6 Å². The zero-order chi connectivity index (χ0) is 53.7. The zero-order valence-electron chi connectivity index (χ0n) is 41.9. The highest BCUT2D eigenvalue weighted by Gasteiger charge is 2.49. The topological polar surface area (TPSA) is 239 Å². The summed E-state index contributed by atoms with van der Waals surface area (Å²) in [5.41, 5.74) is 0.983. The molecule has 0 saturated carbocycles. The SMILES string of the molecule is Cn1c(=O)n(C2CCC(=O)NC2=O)c2ccc(CC3CCN(C(=O)CO[C@@H]4CCN(C(=O)[C@@H](NC(=O)c5cc6c(F)c(C(F)P(=O)(O)O)ccc6s5)C(C)(C)C)[C@@H]4C(=O)N4CCO[C@H](c5ccccc5)C4)CC3)cc21. The molecule has 6 heterocycles. The van der Waals surface area contributed by atoms with Crippen LogP contribution in [0.1, 0.15) is 97.3 Å². The largest absolute Gasteiger partial charge is 0.370 e. The van der Waals surface area contributed by atoms with Gasteiger partial charge in [0.15, 0.2) is 0 Å². The summed E-state index contributed by atoms with van der Waals surface area (Å²) in [7, 11) is -3.69. The molecule has 3 aromatic carbocycles. The molecule has 6 amide bonds. The summed E-state index contributed by atoms with van der Waals surface area (Å²) < 4.78 is 57.3. The van der Waals surface area contributed by atoms with E-state index in [1.165, 1.54) is 20.1 Å². The van der Waals surface area contributed by atoms with Gasteiger partial charge >= 0.3 is 13.3 Å². The first kappa shape index (κ1) is 53.7. The Balaban J connectivity index is 0.881. The van der Waals surface area contributed by atoms with Crippen LogP contribution < -0.4 is 16.3 Å². The van der Waals surface area contributed by atoms with Crippen molar-refractivity contribution in [2.45, 2.75) is 95.5 Å². The number of thiophene rings is 1. The predicted octanol–water partition coefficient (Wildman–Crippen LogP) is 5.03. The van der Waals surface area contributed by atoms with Crippen LogP contribution in [-0.2, 0) is 51.5 Å². The number of likely N-dealkylation sites (tertiary alicyclic amines) is 2. The van der Waals surface area contributed by atoms with Crippen molar-refractivity contribution in [2.75, 3.05) is 45.9 Å². The van der Waals surface area contributed by atoms with Crippen molar-refractivity contribution in [1.82, 2.24) is 34.5 Å². The average Bonchev–Trinajstić information content (AvgIpc) is 4.09. The lowest BCUT2D eigenvalue weighted by Crippen LogP contribution is -2.60. The van der Waals surface area contributed by atoms with Crippen molar-refractivity contribution in [1.29, 1.82) is 0 Å². The number of piperidine rings is 2. The van der Waals surface area contributed by atoms with Gasteiger partial charge in [0.2, 0.25) is 35.4 Å². The Bertz CT molecular complexity index is 3160. The van der Waals surface area contributed by atoms with Crippen LogP contribution >= 0.6 is 18.9 Å². The van der Waals surface area contributed by atoms with Crippen molar-refractivity contribution in [3.63, 3.8) is 0 Å².